The van der Waals surface area contributed by atoms with Crippen molar-refractivity contribution < 1.29 is 9.32 Å². The molecule has 1 saturated heterocycles. The van der Waals surface area contributed by atoms with Crippen molar-refractivity contribution in [3.05, 3.63) is 16.5 Å². The Morgan fingerprint density at radius 3 is 2.86 bits per heavy atom. The fourth-order valence-electron chi connectivity index (χ4n) is 4.24. The van der Waals surface area contributed by atoms with Gasteiger partial charge in [-0.05, 0) is 56.0 Å². The maximum atomic E-state index is 12.7. The lowest BCUT2D eigenvalue weighted by Gasteiger charge is -2.47. The van der Waals surface area contributed by atoms with Gasteiger partial charge in [0.15, 0.2) is 0 Å². The summed E-state index contributed by atoms with van der Waals surface area (Å²) in [6.45, 7) is 5.14. The average Bonchev–Trinajstić information content (AvgIpc) is 2.84. The van der Waals surface area contributed by atoms with Crippen LogP contribution in [0.5, 0.6) is 0 Å². The van der Waals surface area contributed by atoms with Crippen LogP contribution in [-0.4, -0.2) is 28.6 Å². The number of carbonyl (C=O) groups is 1. The molecule has 2 fully saturated rings. The predicted octanol–water partition coefficient (Wildman–Crippen LogP) is 4.00. The number of fused-ring (bicyclic) bond motifs is 1. The molecular formula is C17H25ClN2O2. The van der Waals surface area contributed by atoms with Gasteiger partial charge in [-0.2, -0.15) is 0 Å². The fourth-order valence-corrected chi connectivity index (χ4v) is 4.50. The Kier molecular flexibility index (Phi) is 4.76. The number of hydrogen-bond donors (Lipinski definition) is 0. The van der Waals surface area contributed by atoms with E-state index in [-0.39, 0.29) is 5.91 Å². The highest BCUT2D eigenvalue weighted by Gasteiger charge is 2.39. The highest BCUT2D eigenvalue weighted by molar-refractivity contribution is 6.29. The molecule has 0 radical (unpaired) electrons. The third kappa shape index (κ3) is 3.03. The third-order valence-electron chi connectivity index (χ3n) is 5.58. The minimum atomic E-state index is 0.264. The zero-order valence-corrected chi connectivity index (χ0v) is 14.2. The van der Waals surface area contributed by atoms with E-state index in [1.54, 1.807) is 0 Å². The van der Waals surface area contributed by atoms with Gasteiger partial charge in [-0.1, -0.05) is 24.9 Å². The van der Waals surface area contributed by atoms with Crippen LogP contribution in [0.1, 0.15) is 56.7 Å². The summed E-state index contributed by atoms with van der Waals surface area (Å²) in [5.74, 6) is 1.72. The third-order valence-corrected chi connectivity index (χ3v) is 5.88. The van der Waals surface area contributed by atoms with E-state index in [4.69, 9.17) is 16.1 Å². The van der Waals surface area contributed by atoms with E-state index in [0.717, 1.165) is 30.1 Å². The molecule has 1 amide bonds. The molecule has 1 aromatic heterocycles. The zero-order chi connectivity index (χ0) is 15.7. The Labute approximate surface area is 137 Å². The van der Waals surface area contributed by atoms with Crippen LogP contribution in [0.2, 0.25) is 5.22 Å². The first-order chi connectivity index (χ1) is 10.6. The molecule has 5 heteroatoms. The maximum Gasteiger partial charge on any atom is 0.229 e. The quantitative estimate of drug-likeness (QED) is 0.844. The van der Waals surface area contributed by atoms with Crippen LogP contribution in [0.3, 0.4) is 0 Å². The molecule has 0 spiro atoms. The number of likely N-dealkylation sites (tertiary alicyclic amines) is 1. The number of carbonyl (C=O) groups excluding carboxylic acids is 1. The lowest BCUT2D eigenvalue weighted by molar-refractivity contribution is -0.139. The Bertz CT molecular complexity index is 523. The van der Waals surface area contributed by atoms with Crippen molar-refractivity contribution >= 4 is 17.5 Å². The molecule has 1 aliphatic heterocycles. The number of rotatable bonds is 3. The van der Waals surface area contributed by atoms with Gasteiger partial charge in [0, 0.05) is 24.6 Å². The van der Waals surface area contributed by atoms with Gasteiger partial charge in [0.25, 0.3) is 0 Å². The van der Waals surface area contributed by atoms with Gasteiger partial charge in [-0.15, -0.1) is 0 Å². The number of hydrogen-bond acceptors (Lipinski definition) is 3. The second-order valence-electron chi connectivity index (χ2n) is 6.89. The van der Waals surface area contributed by atoms with E-state index in [2.05, 4.69) is 17.0 Å². The van der Waals surface area contributed by atoms with Crippen molar-refractivity contribution in [1.29, 1.82) is 0 Å². The predicted molar refractivity (Wildman–Crippen MR) is 85.8 cm³/mol. The molecule has 4 nitrogen and oxygen atoms in total. The average molecular weight is 325 g/mol. The van der Waals surface area contributed by atoms with Crippen LogP contribution < -0.4 is 0 Å². The highest BCUT2D eigenvalue weighted by atomic mass is 35.5. The van der Waals surface area contributed by atoms with E-state index >= 15 is 0 Å². The summed E-state index contributed by atoms with van der Waals surface area (Å²) in [6.07, 6.45) is 7.30. The summed E-state index contributed by atoms with van der Waals surface area (Å²) < 4.78 is 4.96. The Balaban J connectivity index is 1.64. The number of halogens is 1. The topological polar surface area (TPSA) is 46.3 Å². The lowest BCUT2D eigenvalue weighted by Crippen LogP contribution is -2.52. The summed E-state index contributed by atoms with van der Waals surface area (Å²) >= 11 is 5.99. The van der Waals surface area contributed by atoms with Gasteiger partial charge in [-0.25, -0.2) is 0 Å². The number of piperidine rings is 1. The van der Waals surface area contributed by atoms with Crippen LogP contribution in [0.4, 0.5) is 0 Å². The molecule has 0 bridgehead atoms. The molecule has 0 aromatic carbocycles. The van der Waals surface area contributed by atoms with Crippen molar-refractivity contribution in [2.75, 3.05) is 6.54 Å². The second kappa shape index (κ2) is 6.61. The van der Waals surface area contributed by atoms with Crippen LogP contribution >= 0.6 is 11.6 Å². The van der Waals surface area contributed by atoms with Crippen LogP contribution in [0, 0.1) is 18.8 Å². The lowest BCUT2D eigenvalue weighted by atomic mass is 9.72. The SMILES string of the molecule is Cc1noc(Cl)c1CCC(=O)N1CC[C@H](C)[C@@H]2CCCC[C@@H]21. The summed E-state index contributed by atoms with van der Waals surface area (Å²) in [4.78, 5) is 14.9. The number of amides is 1. The molecule has 1 saturated carbocycles. The van der Waals surface area contributed by atoms with E-state index in [9.17, 15) is 4.79 Å². The molecule has 1 aliphatic carbocycles. The van der Waals surface area contributed by atoms with Gasteiger partial charge in [-0.3, -0.25) is 4.79 Å². The summed E-state index contributed by atoms with van der Waals surface area (Å²) in [7, 11) is 0. The fraction of sp³-hybridized carbons (Fsp3) is 0.765. The molecular weight excluding hydrogens is 300 g/mol. The monoisotopic (exact) mass is 324 g/mol. The first kappa shape index (κ1) is 15.9. The smallest absolute Gasteiger partial charge is 0.229 e. The summed E-state index contributed by atoms with van der Waals surface area (Å²) in [6, 6.07) is 0.462. The minimum absolute atomic E-state index is 0.264. The van der Waals surface area contributed by atoms with Crippen LogP contribution in [0.25, 0.3) is 0 Å². The molecule has 2 heterocycles. The Morgan fingerprint density at radius 1 is 1.36 bits per heavy atom. The van der Waals surface area contributed by atoms with Crippen molar-refractivity contribution in [3.63, 3.8) is 0 Å². The van der Waals surface area contributed by atoms with Crippen molar-refractivity contribution in [2.45, 2.75) is 64.8 Å². The molecule has 22 heavy (non-hydrogen) atoms. The maximum absolute atomic E-state index is 12.7. The van der Waals surface area contributed by atoms with Gasteiger partial charge in [0.2, 0.25) is 11.1 Å². The molecule has 3 rings (SSSR count). The number of aryl methyl sites for hydroxylation is 1. The molecule has 0 N–H and O–H groups in total. The van der Waals surface area contributed by atoms with E-state index in [0.29, 0.717) is 30.0 Å². The first-order valence-electron chi connectivity index (χ1n) is 8.48. The second-order valence-corrected chi connectivity index (χ2v) is 7.23. The van der Waals surface area contributed by atoms with Crippen LogP contribution in [-0.2, 0) is 11.2 Å². The van der Waals surface area contributed by atoms with Crippen LogP contribution in [0.15, 0.2) is 4.52 Å². The summed E-state index contributed by atoms with van der Waals surface area (Å²) in [5, 5.41) is 4.18. The van der Waals surface area contributed by atoms with Crippen molar-refractivity contribution in [1.82, 2.24) is 10.1 Å². The summed E-state index contributed by atoms with van der Waals surface area (Å²) in [5.41, 5.74) is 1.67. The van der Waals surface area contributed by atoms with Gasteiger partial charge >= 0.3 is 0 Å². The van der Waals surface area contributed by atoms with E-state index in [1.165, 1.54) is 25.7 Å². The molecule has 0 unspecified atom stereocenters. The number of aromatic nitrogens is 1. The molecule has 3 atom stereocenters. The minimum Gasteiger partial charge on any atom is -0.344 e. The molecule has 2 aliphatic rings. The normalized spacial score (nSPS) is 28.5. The standard InChI is InChI=1S/C17H25ClN2O2/c1-11-9-10-20(15-6-4-3-5-13(11)15)16(21)8-7-14-12(2)19-22-17(14)18/h11,13,15H,3-10H2,1-2H3/t11-,13-,15-/m0/s1. The van der Waals surface area contributed by atoms with Crippen molar-refractivity contribution in [3.8, 4) is 0 Å². The largest absolute Gasteiger partial charge is 0.344 e. The molecule has 122 valence electrons. The number of nitrogens with zero attached hydrogens (tertiary/aromatic N) is 2. The van der Waals surface area contributed by atoms with Gasteiger partial charge in [0.05, 0.1) is 5.69 Å². The zero-order valence-electron chi connectivity index (χ0n) is 13.5. The van der Waals surface area contributed by atoms with E-state index in [1.807, 2.05) is 6.92 Å². The van der Waals surface area contributed by atoms with Crippen molar-refractivity contribution in [2.24, 2.45) is 11.8 Å². The van der Waals surface area contributed by atoms with E-state index < -0.39 is 0 Å². The highest BCUT2D eigenvalue weighted by Crippen LogP contribution is 2.39. The Morgan fingerprint density at radius 2 is 2.14 bits per heavy atom. The molecule has 1 aromatic rings. The van der Waals surface area contributed by atoms with Gasteiger partial charge in [0.1, 0.15) is 0 Å². The first-order valence-corrected chi connectivity index (χ1v) is 8.86. The van der Waals surface area contributed by atoms with Gasteiger partial charge < -0.3 is 9.42 Å². The Hall–Kier alpha value is -1.03.